The molecule has 0 unspecified atom stereocenters. The molecule has 0 saturated heterocycles. The lowest BCUT2D eigenvalue weighted by Crippen LogP contribution is -2.26. The molecule has 0 bridgehead atoms. The lowest BCUT2D eigenvalue weighted by atomic mass is 10.0. The molecule has 0 aliphatic carbocycles. The lowest BCUT2D eigenvalue weighted by molar-refractivity contribution is -0.117. The molecule has 3 heteroatoms. The second-order valence-electron chi connectivity index (χ2n) is 5.52. The van der Waals surface area contributed by atoms with Gasteiger partial charge in [-0.25, -0.2) is 0 Å². The van der Waals surface area contributed by atoms with Crippen molar-refractivity contribution in [2.45, 2.75) is 20.3 Å². The van der Waals surface area contributed by atoms with E-state index in [4.69, 9.17) is 0 Å². The zero-order chi connectivity index (χ0) is 16.7. The fourth-order valence-corrected chi connectivity index (χ4v) is 2.28. The van der Waals surface area contributed by atoms with E-state index in [1.165, 1.54) is 0 Å². The third-order valence-electron chi connectivity index (χ3n) is 3.64. The van der Waals surface area contributed by atoms with E-state index in [9.17, 15) is 10.1 Å². The molecular weight excluding hydrogens is 284 g/mol. The maximum absolute atomic E-state index is 12.2. The summed E-state index contributed by atoms with van der Waals surface area (Å²) < 4.78 is 0. The quantitative estimate of drug-likeness (QED) is 0.678. The van der Waals surface area contributed by atoms with Gasteiger partial charge in [-0.2, -0.15) is 5.26 Å². The van der Waals surface area contributed by atoms with E-state index in [-0.39, 0.29) is 11.5 Å². The summed E-state index contributed by atoms with van der Waals surface area (Å²) >= 11 is 0. The molecule has 0 aromatic heterocycles. The maximum atomic E-state index is 12.2. The van der Waals surface area contributed by atoms with Crippen LogP contribution in [0.4, 0.5) is 0 Å². The molecule has 23 heavy (non-hydrogen) atoms. The first-order valence-corrected chi connectivity index (χ1v) is 7.61. The molecule has 1 amide bonds. The molecule has 3 nitrogen and oxygen atoms in total. The van der Waals surface area contributed by atoms with Crippen LogP contribution in [-0.2, 0) is 11.2 Å². The van der Waals surface area contributed by atoms with Crippen molar-refractivity contribution in [3.63, 3.8) is 0 Å². The van der Waals surface area contributed by atoms with Crippen LogP contribution in [0.1, 0.15) is 22.3 Å². The number of rotatable bonds is 5. The summed E-state index contributed by atoms with van der Waals surface area (Å²) in [6.07, 6.45) is 2.40. The van der Waals surface area contributed by atoms with Gasteiger partial charge in [-0.1, -0.05) is 54.1 Å². The molecule has 0 fully saturated rings. The van der Waals surface area contributed by atoms with Crippen molar-refractivity contribution in [1.29, 1.82) is 5.26 Å². The highest BCUT2D eigenvalue weighted by atomic mass is 16.1. The van der Waals surface area contributed by atoms with Crippen LogP contribution >= 0.6 is 0 Å². The smallest absolute Gasteiger partial charge is 0.261 e. The average Bonchev–Trinajstić information content (AvgIpc) is 2.56. The molecule has 2 aromatic carbocycles. The molecule has 2 aromatic rings. The van der Waals surface area contributed by atoms with Gasteiger partial charge in [-0.05, 0) is 43.0 Å². The largest absolute Gasteiger partial charge is 0.351 e. The Balaban J connectivity index is 2.02. The third-order valence-corrected chi connectivity index (χ3v) is 3.64. The number of carbonyl (C=O) groups is 1. The van der Waals surface area contributed by atoms with Crippen molar-refractivity contribution in [1.82, 2.24) is 5.32 Å². The van der Waals surface area contributed by atoms with Crippen LogP contribution in [0.5, 0.6) is 0 Å². The summed E-state index contributed by atoms with van der Waals surface area (Å²) in [5, 5.41) is 12.1. The zero-order valence-electron chi connectivity index (χ0n) is 13.5. The normalized spacial score (nSPS) is 10.9. The van der Waals surface area contributed by atoms with E-state index < -0.39 is 0 Å². The number of hydrogen-bond donors (Lipinski definition) is 1. The Bertz CT molecular complexity index is 755. The molecule has 0 saturated carbocycles. The number of aryl methyl sites for hydroxylation is 2. The number of nitriles is 1. The minimum absolute atomic E-state index is 0.131. The van der Waals surface area contributed by atoms with Gasteiger partial charge >= 0.3 is 0 Å². The highest BCUT2D eigenvalue weighted by Gasteiger charge is 2.09. The monoisotopic (exact) mass is 304 g/mol. The molecule has 2 rings (SSSR count). The molecular formula is C20H20N2O. The van der Waals surface area contributed by atoms with Gasteiger partial charge in [-0.3, -0.25) is 4.79 Å². The van der Waals surface area contributed by atoms with Crippen molar-refractivity contribution < 1.29 is 4.79 Å². The number of amides is 1. The molecule has 0 aliphatic rings. The van der Waals surface area contributed by atoms with Crippen molar-refractivity contribution in [2.75, 3.05) is 6.54 Å². The fraction of sp³-hybridized carbons (Fsp3) is 0.200. The highest BCUT2D eigenvalue weighted by Crippen LogP contribution is 2.14. The van der Waals surface area contributed by atoms with Gasteiger partial charge in [0.15, 0.2) is 0 Å². The van der Waals surface area contributed by atoms with Crippen LogP contribution in [-0.4, -0.2) is 12.5 Å². The number of benzene rings is 2. The van der Waals surface area contributed by atoms with Crippen molar-refractivity contribution in [3.05, 3.63) is 76.4 Å². The first-order chi connectivity index (χ1) is 11.1. The Kier molecular flexibility index (Phi) is 5.71. The van der Waals surface area contributed by atoms with Gasteiger partial charge in [-0.15, -0.1) is 0 Å². The lowest BCUT2D eigenvalue weighted by Gasteiger charge is -2.06. The molecule has 0 aliphatic heterocycles. The van der Waals surface area contributed by atoms with Crippen LogP contribution < -0.4 is 5.32 Å². The topological polar surface area (TPSA) is 52.9 Å². The van der Waals surface area contributed by atoms with Gasteiger partial charge in [0.05, 0.1) is 0 Å². The van der Waals surface area contributed by atoms with Crippen LogP contribution in [0, 0.1) is 25.2 Å². The Hall–Kier alpha value is -2.86. The zero-order valence-corrected chi connectivity index (χ0v) is 13.5. The Morgan fingerprint density at radius 3 is 2.61 bits per heavy atom. The summed E-state index contributed by atoms with van der Waals surface area (Å²) in [5.41, 5.74) is 4.33. The molecule has 0 radical (unpaired) electrons. The Morgan fingerprint density at radius 1 is 1.17 bits per heavy atom. The number of carbonyl (C=O) groups excluding carboxylic acids is 1. The first-order valence-electron chi connectivity index (χ1n) is 7.61. The van der Waals surface area contributed by atoms with Crippen molar-refractivity contribution in [2.24, 2.45) is 0 Å². The standard InChI is InChI=1S/C20H20N2O/c1-15-8-9-16(2)18(12-15)13-19(14-21)20(23)22-11-10-17-6-4-3-5-7-17/h3-9,12-13H,10-11H2,1-2H3,(H,22,23)/b19-13+. The predicted octanol–water partition coefficient (Wildman–Crippen LogP) is 3.57. The summed E-state index contributed by atoms with van der Waals surface area (Å²) in [6, 6.07) is 17.9. The van der Waals surface area contributed by atoms with Gasteiger partial charge < -0.3 is 5.32 Å². The van der Waals surface area contributed by atoms with Crippen molar-refractivity contribution >= 4 is 12.0 Å². The van der Waals surface area contributed by atoms with Crippen LogP contribution in [0.25, 0.3) is 6.08 Å². The fourth-order valence-electron chi connectivity index (χ4n) is 2.28. The molecule has 1 N–H and O–H groups in total. The minimum atomic E-state index is -0.329. The minimum Gasteiger partial charge on any atom is -0.351 e. The molecule has 116 valence electrons. The van der Waals surface area contributed by atoms with E-state index >= 15 is 0 Å². The van der Waals surface area contributed by atoms with Gasteiger partial charge in [0.2, 0.25) is 0 Å². The van der Waals surface area contributed by atoms with Crippen molar-refractivity contribution in [3.8, 4) is 6.07 Å². The van der Waals surface area contributed by atoms with Crippen LogP contribution in [0.3, 0.4) is 0 Å². The van der Waals surface area contributed by atoms with Gasteiger partial charge in [0.1, 0.15) is 11.6 Å². The summed E-state index contributed by atoms with van der Waals surface area (Å²) in [5.74, 6) is -0.329. The SMILES string of the molecule is Cc1ccc(C)c(/C=C(\C#N)C(=O)NCCc2ccccc2)c1. The van der Waals surface area contributed by atoms with E-state index in [0.717, 1.165) is 28.7 Å². The highest BCUT2D eigenvalue weighted by molar-refractivity contribution is 6.01. The molecule has 0 atom stereocenters. The summed E-state index contributed by atoms with van der Waals surface area (Å²) in [6.45, 7) is 4.46. The Labute approximate surface area is 137 Å². The van der Waals surface area contributed by atoms with E-state index in [1.54, 1.807) is 6.08 Å². The second-order valence-corrected chi connectivity index (χ2v) is 5.52. The van der Waals surface area contributed by atoms with Gasteiger partial charge in [0.25, 0.3) is 5.91 Å². The van der Waals surface area contributed by atoms with E-state index in [0.29, 0.717) is 6.54 Å². The van der Waals surface area contributed by atoms with E-state index in [2.05, 4.69) is 5.32 Å². The Morgan fingerprint density at radius 2 is 1.91 bits per heavy atom. The van der Waals surface area contributed by atoms with Gasteiger partial charge in [0, 0.05) is 6.54 Å². The predicted molar refractivity (Wildman–Crippen MR) is 92.7 cm³/mol. The number of nitrogens with one attached hydrogen (secondary N) is 1. The third kappa shape index (κ3) is 4.82. The number of hydrogen-bond acceptors (Lipinski definition) is 2. The van der Waals surface area contributed by atoms with Crippen LogP contribution in [0.15, 0.2) is 54.1 Å². The molecule has 0 heterocycles. The second kappa shape index (κ2) is 7.95. The average molecular weight is 304 g/mol. The maximum Gasteiger partial charge on any atom is 0.261 e. The summed E-state index contributed by atoms with van der Waals surface area (Å²) in [7, 11) is 0. The number of nitrogens with zero attached hydrogens (tertiary/aromatic N) is 1. The first kappa shape index (κ1) is 16.5. The van der Waals surface area contributed by atoms with E-state index in [1.807, 2.05) is 68.4 Å². The van der Waals surface area contributed by atoms with Crippen LogP contribution in [0.2, 0.25) is 0 Å². The summed E-state index contributed by atoms with van der Waals surface area (Å²) in [4.78, 5) is 12.2. The molecule has 0 spiro atoms.